The number of rotatable bonds is 4. The van der Waals surface area contributed by atoms with Crippen LogP contribution in [0.2, 0.25) is 0 Å². The van der Waals surface area contributed by atoms with Crippen molar-refractivity contribution in [3.8, 4) is 0 Å². The van der Waals surface area contributed by atoms with Gasteiger partial charge in [-0.1, -0.05) is 24.7 Å². The maximum Gasteiger partial charge on any atom is 0.265 e. The molecule has 6 heteroatoms. The van der Waals surface area contributed by atoms with Crippen LogP contribution in [0.5, 0.6) is 0 Å². The van der Waals surface area contributed by atoms with Gasteiger partial charge in [0.15, 0.2) is 5.13 Å². The van der Waals surface area contributed by atoms with Gasteiger partial charge in [-0.3, -0.25) is 4.79 Å². The number of nitrogens with zero attached hydrogens (tertiary/aromatic N) is 1. The van der Waals surface area contributed by atoms with Crippen LogP contribution in [0.4, 0.5) is 10.9 Å². The van der Waals surface area contributed by atoms with Crippen LogP contribution in [0.15, 0.2) is 0 Å². The van der Waals surface area contributed by atoms with Gasteiger partial charge in [0.05, 0.1) is 0 Å². The van der Waals surface area contributed by atoms with Gasteiger partial charge in [-0.05, 0) is 18.3 Å². The molecule has 0 atom stereocenters. The van der Waals surface area contributed by atoms with Gasteiger partial charge < -0.3 is 16.4 Å². The summed E-state index contributed by atoms with van der Waals surface area (Å²) in [5.74, 6) is 0.185. The summed E-state index contributed by atoms with van der Waals surface area (Å²) in [6.07, 6.45) is 3.64. The van der Waals surface area contributed by atoms with Gasteiger partial charge >= 0.3 is 0 Å². The smallest absolute Gasteiger partial charge is 0.265 e. The van der Waals surface area contributed by atoms with Gasteiger partial charge in [0.2, 0.25) is 0 Å². The second kappa shape index (κ2) is 4.52. The molecule has 2 rings (SSSR count). The first-order valence-electron chi connectivity index (χ1n) is 5.76. The molecule has 1 fully saturated rings. The van der Waals surface area contributed by atoms with Crippen molar-refractivity contribution in [3.05, 3.63) is 4.88 Å². The topological polar surface area (TPSA) is 80.0 Å². The van der Waals surface area contributed by atoms with Crippen molar-refractivity contribution < 1.29 is 4.79 Å². The summed E-state index contributed by atoms with van der Waals surface area (Å²) in [6.45, 7) is 2.92. The van der Waals surface area contributed by atoms with Gasteiger partial charge in [-0.25, -0.2) is 4.98 Å². The Labute approximate surface area is 105 Å². The predicted octanol–water partition coefficient (Wildman–Crippen LogP) is 1.69. The fourth-order valence-corrected chi connectivity index (χ4v) is 2.69. The maximum atomic E-state index is 11.9. The Bertz CT molecular complexity index is 425. The van der Waals surface area contributed by atoms with Crippen molar-refractivity contribution >= 4 is 28.2 Å². The molecule has 1 aromatic heterocycles. The zero-order valence-electron chi connectivity index (χ0n) is 10.2. The average Bonchev–Trinajstić information content (AvgIpc) is 2.65. The number of hydrogen-bond donors (Lipinski definition) is 3. The number of thiazole rings is 1. The summed E-state index contributed by atoms with van der Waals surface area (Å²) in [5, 5.41) is 6.50. The summed E-state index contributed by atoms with van der Waals surface area (Å²) in [4.78, 5) is 16.5. The molecule has 1 heterocycles. The lowest BCUT2D eigenvalue weighted by Gasteiger charge is -2.38. The standard InChI is InChI=1S/C11H18N4OS/c1-11(4-3-5-11)6-14-9(16)7-8(12)15-10(13-2)17-7/h3-6,12H2,1-2H3,(H,13,15)(H,14,16). The minimum absolute atomic E-state index is 0.116. The van der Waals surface area contributed by atoms with Crippen molar-refractivity contribution in [3.63, 3.8) is 0 Å². The Morgan fingerprint density at radius 2 is 2.29 bits per heavy atom. The zero-order chi connectivity index (χ0) is 12.5. The molecule has 17 heavy (non-hydrogen) atoms. The van der Waals surface area contributed by atoms with E-state index in [1.807, 2.05) is 0 Å². The third-order valence-corrected chi connectivity index (χ3v) is 4.40. The van der Waals surface area contributed by atoms with Crippen LogP contribution in [0, 0.1) is 5.41 Å². The Balaban J connectivity index is 1.96. The lowest BCUT2D eigenvalue weighted by molar-refractivity contribution is 0.0895. The molecule has 0 unspecified atom stereocenters. The van der Waals surface area contributed by atoms with Crippen LogP contribution in [-0.4, -0.2) is 24.5 Å². The third-order valence-electron chi connectivity index (χ3n) is 3.31. The maximum absolute atomic E-state index is 11.9. The number of anilines is 2. The molecule has 5 nitrogen and oxygen atoms in total. The molecular formula is C11H18N4OS. The summed E-state index contributed by atoms with van der Waals surface area (Å²) < 4.78 is 0. The SMILES string of the molecule is CNc1nc(N)c(C(=O)NCC2(C)CCC2)s1. The first-order valence-corrected chi connectivity index (χ1v) is 6.58. The van der Waals surface area contributed by atoms with Gasteiger partial charge in [-0.2, -0.15) is 0 Å². The molecule has 1 aromatic rings. The van der Waals surface area contributed by atoms with Gasteiger partial charge in [0.25, 0.3) is 5.91 Å². The molecule has 0 saturated heterocycles. The fourth-order valence-electron chi connectivity index (χ4n) is 1.93. The normalized spacial score (nSPS) is 17.3. The number of nitrogen functional groups attached to an aromatic ring is 1. The molecule has 1 saturated carbocycles. The van der Waals surface area contributed by atoms with Gasteiger partial charge in [-0.15, -0.1) is 0 Å². The lowest BCUT2D eigenvalue weighted by atomic mass is 9.70. The minimum Gasteiger partial charge on any atom is -0.382 e. The lowest BCUT2D eigenvalue weighted by Crippen LogP contribution is -2.39. The van der Waals surface area contributed by atoms with E-state index in [2.05, 4.69) is 22.5 Å². The third kappa shape index (κ3) is 2.52. The van der Waals surface area contributed by atoms with Gasteiger partial charge in [0.1, 0.15) is 10.7 Å². The summed E-state index contributed by atoms with van der Waals surface area (Å²) >= 11 is 1.28. The number of carbonyl (C=O) groups is 1. The van der Waals surface area contributed by atoms with Crippen LogP contribution in [0.25, 0.3) is 0 Å². The highest BCUT2D eigenvalue weighted by Crippen LogP contribution is 2.39. The largest absolute Gasteiger partial charge is 0.382 e. The molecule has 4 N–H and O–H groups in total. The fraction of sp³-hybridized carbons (Fsp3) is 0.636. The van der Waals surface area contributed by atoms with E-state index in [4.69, 9.17) is 5.73 Å². The van der Waals surface area contributed by atoms with Crippen LogP contribution < -0.4 is 16.4 Å². The average molecular weight is 254 g/mol. The summed E-state index contributed by atoms with van der Waals surface area (Å²) in [7, 11) is 1.76. The number of amides is 1. The first-order chi connectivity index (χ1) is 8.04. The summed E-state index contributed by atoms with van der Waals surface area (Å²) in [5.41, 5.74) is 5.98. The molecule has 0 aliphatic heterocycles. The van der Waals surface area contributed by atoms with E-state index in [0.29, 0.717) is 15.8 Å². The Morgan fingerprint density at radius 3 is 2.76 bits per heavy atom. The molecule has 94 valence electrons. The van der Waals surface area contributed by atoms with E-state index >= 15 is 0 Å². The second-order valence-corrected chi connectivity index (χ2v) is 5.83. The van der Waals surface area contributed by atoms with Crippen LogP contribution in [0.3, 0.4) is 0 Å². The van der Waals surface area contributed by atoms with Crippen molar-refractivity contribution in [2.45, 2.75) is 26.2 Å². The molecule has 0 bridgehead atoms. The first kappa shape index (κ1) is 12.2. The Morgan fingerprint density at radius 1 is 1.59 bits per heavy atom. The highest BCUT2D eigenvalue weighted by atomic mass is 32.1. The number of nitrogens with two attached hydrogens (primary N) is 1. The summed E-state index contributed by atoms with van der Waals surface area (Å²) in [6, 6.07) is 0. The molecule has 0 radical (unpaired) electrons. The molecular weight excluding hydrogens is 236 g/mol. The quantitative estimate of drug-likeness (QED) is 0.764. The van der Waals surface area contributed by atoms with Crippen molar-refractivity contribution in [2.24, 2.45) is 5.41 Å². The second-order valence-electron chi connectivity index (χ2n) is 4.83. The van der Waals surface area contributed by atoms with Crippen LogP contribution in [-0.2, 0) is 0 Å². The number of carbonyl (C=O) groups excluding carboxylic acids is 1. The van der Waals surface area contributed by atoms with Crippen molar-refractivity contribution in [1.29, 1.82) is 0 Å². The van der Waals surface area contributed by atoms with Crippen molar-refractivity contribution in [1.82, 2.24) is 10.3 Å². The number of hydrogen-bond acceptors (Lipinski definition) is 5. The zero-order valence-corrected chi connectivity index (χ0v) is 11.0. The Hall–Kier alpha value is -1.30. The minimum atomic E-state index is -0.116. The van der Waals surface area contributed by atoms with E-state index in [0.717, 1.165) is 6.54 Å². The van der Waals surface area contributed by atoms with Crippen molar-refractivity contribution in [2.75, 3.05) is 24.6 Å². The van der Waals surface area contributed by atoms with E-state index in [-0.39, 0.29) is 11.3 Å². The molecule has 1 aliphatic carbocycles. The molecule has 0 spiro atoms. The number of aromatic nitrogens is 1. The molecule has 1 amide bonds. The number of nitrogens with one attached hydrogen (secondary N) is 2. The van der Waals surface area contributed by atoms with E-state index in [9.17, 15) is 4.79 Å². The predicted molar refractivity (Wildman–Crippen MR) is 70.4 cm³/mol. The molecule has 0 aromatic carbocycles. The van der Waals surface area contributed by atoms with E-state index in [1.54, 1.807) is 7.05 Å². The highest BCUT2D eigenvalue weighted by Gasteiger charge is 2.32. The van der Waals surface area contributed by atoms with Crippen LogP contribution >= 0.6 is 11.3 Å². The Kier molecular flexibility index (Phi) is 3.24. The monoisotopic (exact) mass is 254 g/mol. The van der Waals surface area contributed by atoms with Gasteiger partial charge in [0, 0.05) is 13.6 Å². The van der Waals surface area contributed by atoms with Crippen LogP contribution in [0.1, 0.15) is 35.9 Å². The van der Waals surface area contributed by atoms with E-state index < -0.39 is 0 Å². The van der Waals surface area contributed by atoms with E-state index in [1.165, 1.54) is 30.6 Å². The molecule has 1 aliphatic rings. The highest BCUT2D eigenvalue weighted by molar-refractivity contribution is 7.18.